The first kappa shape index (κ1) is 25.2. The number of likely N-dealkylation sites (tertiary alicyclic amines) is 2. The van der Waals surface area contributed by atoms with Crippen LogP contribution >= 0.6 is 0 Å². The first-order chi connectivity index (χ1) is 16.7. The number of benzene rings is 1. The monoisotopic (exact) mass is 483 g/mol. The number of carbonyl (C=O) groups is 2. The highest BCUT2D eigenvalue weighted by molar-refractivity contribution is 5.81. The molecule has 8 heteroatoms. The van der Waals surface area contributed by atoms with Crippen LogP contribution in [0.4, 0.5) is 4.79 Å². The second-order valence-electron chi connectivity index (χ2n) is 10.9. The van der Waals surface area contributed by atoms with E-state index >= 15 is 0 Å². The van der Waals surface area contributed by atoms with Crippen molar-refractivity contribution in [1.29, 1.82) is 0 Å². The van der Waals surface area contributed by atoms with Gasteiger partial charge in [0.05, 0.1) is 6.61 Å². The van der Waals surface area contributed by atoms with Crippen LogP contribution in [-0.4, -0.2) is 66.2 Å². The fraction of sp³-hybridized carbons (Fsp3) is 0.630. The van der Waals surface area contributed by atoms with Crippen molar-refractivity contribution < 1.29 is 19.1 Å². The molecule has 0 radical (unpaired) electrons. The van der Waals surface area contributed by atoms with Crippen molar-refractivity contribution in [3.8, 4) is 5.75 Å². The molecule has 8 nitrogen and oxygen atoms in total. The number of nitrogens with zero attached hydrogens (tertiary/aromatic N) is 3. The van der Waals surface area contributed by atoms with Gasteiger partial charge in [-0.3, -0.25) is 4.79 Å². The third-order valence-electron chi connectivity index (χ3n) is 7.06. The second kappa shape index (κ2) is 10.8. The number of amides is 2. The van der Waals surface area contributed by atoms with Crippen LogP contribution in [-0.2, 0) is 9.53 Å². The zero-order chi connectivity index (χ0) is 25.0. The molecule has 35 heavy (non-hydrogen) atoms. The van der Waals surface area contributed by atoms with Crippen LogP contribution in [0.2, 0.25) is 0 Å². The van der Waals surface area contributed by atoms with Gasteiger partial charge in [0.25, 0.3) is 0 Å². The molecule has 0 saturated carbocycles. The van der Waals surface area contributed by atoms with Crippen molar-refractivity contribution in [3.05, 3.63) is 40.8 Å². The van der Waals surface area contributed by atoms with Gasteiger partial charge in [-0.2, -0.15) is 4.91 Å². The second-order valence-corrected chi connectivity index (χ2v) is 10.9. The van der Waals surface area contributed by atoms with Crippen LogP contribution in [0.15, 0.2) is 35.5 Å². The molecule has 1 atom stereocenters. The summed E-state index contributed by atoms with van der Waals surface area (Å²) < 4.78 is 11.5. The van der Waals surface area contributed by atoms with Crippen molar-refractivity contribution in [2.24, 2.45) is 17.0 Å². The maximum atomic E-state index is 12.5. The largest absolute Gasteiger partial charge is 0.493 e. The number of ether oxygens (including phenoxy) is 2. The third-order valence-corrected chi connectivity index (χ3v) is 7.06. The minimum absolute atomic E-state index is 0.00990. The predicted molar refractivity (Wildman–Crippen MR) is 134 cm³/mol. The highest BCUT2D eigenvalue weighted by Gasteiger charge is 2.35. The van der Waals surface area contributed by atoms with Crippen LogP contribution in [0.3, 0.4) is 0 Å². The van der Waals surface area contributed by atoms with Crippen molar-refractivity contribution >= 4 is 17.6 Å². The lowest BCUT2D eigenvalue weighted by Gasteiger charge is -2.38. The van der Waals surface area contributed by atoms with Gasteiger partial charge in [-0.25, -0.2) is 4.79 Å². The Balaban J connectivity index is 1.19. The number of hydrogen-bond donors (Lipinski definition) is 0. The molecule has 190 valence electrons. The maximum Gasteiger partial charge on any atom is 0.410 e. The summed E-state index contributed by atoms with van der Waals surface area (Å²) in [7, 11) is 0. The molecule has 1 aromatic carbocycles. The highest BCUT2D eigenvalue weighted by Crippen LogP contribution is 2.33. The Labute approximate surface area is 207 Å². The van der Waals surface area contributed by atoms with Crippen LogP contribution < -0.4 is 4.74 Å². The molecule has 2 fully saturated rings. The Hall–Kier alpha value is -2.90. The Morgan fingerprint density at radius 2 is 1.71 bits per heavy atom. The SMILES string of the molecule is CC(C)(C)OC(=O)N1CCC(COc2ccc(C3=CCC(C(=O)N4CC(N=O)C4)CC3)cc2)CC1. The molecule has 2 amide bonds. The van der Waals surface area contributed by atoms with Gasteiger partial charge in [-0.1, -0.05) is 23.4 Å². The Morgan fingerprint density at radius 3 is 2.29 bits per heavy atom. The fourth-order valence-electron chi connectivity index (χ4n) is 4.87. The molecular formula is C27H37N3O5. The average molecular weight is 484 g/mol. The van der Waals surface area contributed by atoms with Crippen molar-refractivity contribution in [1.82, 2.24) is 9.80 Å². The summed E-state index contributed by atoms with van der Waals surface area (Å²) in [4.78, 5) is 38.8. The molecule has 2 saturated heterocycles. The van der Waals surface area contributed by atoms with E-state index in [9.17, 15) is 14.5 Å². The predicted octanol–water partition coefficient (Wildman–Crippen LogP) is 4.87. The van der Waals surface area contributed by atoms with Gasteiger partial charge in [0.1, 0.15) is 17.4 Å². The molecule has 0 aromatic heterocycles. The first-order valence-corrected chi connectivity index (χ1v) is 12.7. The molecule has 3 aliphatic rings. The molecular weight excluding hydrogens is 446 g/mol. The van der Waals surface area contributed by atoms with E-state index in [0.29, 0.717) is 38.7 Å². The molecule has 0 spiro atoms. The summed E-state index contributed by atoms with van der Waals surface area (Å²) in [6, 6.07) is 7.97. The lowest BCUT2D eigenvalue weighted by molar-refractivity contribution is -0.140. The van der Waals surface area contributed by atoms with Gasteiger partial charge < -0.3 is 19.3 Å². The summed E-state index contributed by atoms with van der Waals surface area (Å²) in [5.41, 5.74) is 1.97. The molecule has 0 bridgehead atoms. The van der Waals surface area contributed by atoms with E-state index in [0.717, 1.165) is 37.9 Å². The lowest BCUT2D eigenvalue weighted by atomic mass is 9.85. The van der Waals surface area contributed by atoms with Crippen molar-refractivity contribution in [2.45, 2.75) is 64.5 Å². The van der Waals surface area contributed by atoms with Gasteiger partial charge >= 0.3 is 6.09 Å². The van der Waals surface area contributed by atoms with E-state index in [2.05, 4.69) is 23.4 Å². The topological polar surface area (TPSA) is 88.5 Å². The fourth-order valence-corrected chi connectivity index (χ4v) is 4.87. The highest BCUT2D eigenvalue weighted by atomic mass is 16.6. The summed E-state index contributed by atoms with van der Waals surface area (Å²) in [6.07, 6.45) is 6.21. The summed E-state index contributed by atoms with van der Waals surface area (Å²) in [5, 5.41) is 3.00. The summed E-state index contributed by atoms with van der Waals surface area (Å²) in [5.74, 6) is 1.44. The Bertz CT molecular complexity index is 939. The zero-order valence-electron chi connectivity index (χ0n) is 21.1. The number of piperidine rings is 1. The van der Waals surface area contributed by atoms with Crippen molar-refractivity contribution in [2.75, 3.05) is 32.8 Å². The minimum atomic E-state index is -0.468. The number of hydrogen-bond acceptors (Lipinski definition) is 6. The smallest absolute Gasteiger partial charge is 0.410 e. The van der Waals surface area contributed by atoms with E-state index in [4.69, 9.17) is 9.47 Å². The number of allylic oxidation sites excluding steroid dienone is 2. The molecule has 2 aliphatic heterocycles. The number of nitroso groups, excluding NO2 is 1. The average Bonchev–Trinajstić information content (AvgIpc) is 2.82. The van der Waals surface area contributed by atoms with E-state index in [1.165, 1.54) is 11.1 Å². The van der Waals surface area contributed by atoms with E-state index in [1.54, 1.807) is 9.80 Å². The standard InChI is InChI=1S/C27H37N3O5/c1-27(2,3)35-26(32)29-14-12-19(13-15-29)18-34-24-10-8-21(9-11-24)20-4-6-22(7-5-20)25(31)30-16-23(17-30)28-33/h4,8-11,19,22-23H,5-7,12-18H2,1-3H3. The van der Waals surface area contributed by atoms with Gasteiger partial charge in [0, 0.05) is 32.1 Å². The first-order valence-electron chi connectivity index (χ1n) is 12.7. The van der Waals surface area contributed by atoms with Gasteiger partial charge in [-0.05, 0) is 82.1 Å². The van der Waals surface area contributed by atoms with Crippen molar-refractivity contribution in [3.63, 3.8) is 0 Å². The maximum absolute atomic E-state index is 12.5. The molecule has 1 unspecified atom stereocenters. The Morgan fingerprint density at radius 1 is 1.03 bits per heavy atom. The summed E-state index contributed by atoms with van der Waals surface area (Å²) in [6.45, 7) is 8.65. The van der Waals surface area contributed by atoms with Gasteiger partial charge in [0.2, 0.25) is 5.91 Å². The quantitative estimate of drug-likeness (QED) is 0.539. The summed E-state index contributed by atoms with van der Waals surface area (Å²) >= 11 is 0. The molecule has 2 heterocycles. The van der Waals surface area contributed by atoms with Crippen LogP contribution in [0.25, 0.3) is 5.57 Å². The normalized spacial score (nSPS) is 21.7. The van der Waals surface area contributed by atoms with Crippen LogP contribution in [0, 0.1) is 16.7 Å². The van der Waals surface area contributed by atoms with E-state index < -0.39 is 5.60 Å². The van der Waals surface area contributed by atoms with Crippen LogP contribution in [0.1, 0.15) is 58.4 Å². The number of carbonyl (C=O) groups excluding carboxylic acids is 2. The van der Waals surface area contributed by atoms with Crippen LogP contribution in [0.5, 0.6) is 5.75 Å². The van der Waals surface area contributed by atoms with E-state index in [1.807, 2.05) is 32.9 Å². The van der Waals surface area contributed by atoms with Gasteiger partial charge in [-0.15, -0.1) is 0 Å². The minimum Gasteiger partial charge on any atom is -0.493 e. The molecule has 0 N–H and O–H groups in total. The van der Waals surface area contributed by atoms with Gasteiger partial charge in [0.15, 0.2) is 0 Å². The molecule has 1 aromatic rings. The zero-order valence-corrected chi connectivity index (χ0v) is 21.1. The molecule has 1 aliphatic carbocycles. The molecule has 4 rings (SSSR count). The lowest BCUT2D eigenvalue weighted by Crippen LogP contribution is -2.54. The Kier molecular flexibility index (Phi) is 7.77. The van der Waals surface area contributed by atoms with E-state index in [-0.39, 0.29) is 24.0 Å². The number of rotatable bonds is 6. The third kappa shape index (κ3) is 6.61.